The molecule has 0 atom stereocenters. The summed E-state index contributed by atoms with van der Waals surface area (Å²) < 4.78 is 32.2. The Morgan fingerprint density at radius 2 is 1.79 bits per heavy atom. The van der Waals surface area contributed by atoms with Gasteiger partial charge in [-0.2, -0.15) is 0 Å². The average Bonchev–Trinajstić information content (AvgIpc) is 2.90. The molecule has 0 saturated heterocycles. The van der Waals surface area contributed by atoms with Gasteiger partial charge < -0.3 is 30.0 Å². The lowest BCUT2D eigenvalue weighted by atomic mass is 9.84. The molecule has 4 rings (SSSR count). The van der Waals surface area contributed by atoms with Gasteiger partial charge in [0, 0.05) is 41.9 Å². The molecule has 0 aromatic heterocycles. The number of fused-ring (bicyclic) bond motifs is 1. The Hall–Kier alpha value is -3.45. The number of phenols is 1. The summed E-state index contributed by atoms with van der Waals surface area (Å²) in [5, 5.41) is 10.9. The Bertz CT molecular complexity index is 1310. The van der Waals surface area contributed by atoms with E-state index in [1.807, 2.05) is 25.2 Å². The van der Waals surface area contributed by atoms with Gasteiger partial charge in [0.1, 0.15) is 12.4 Å². The number of ether oxygens (including phenoxy) is 3. The molecule has 0 saturated carbocycles. The van der Waals surface area contributed by atoms with Gasteiger partial charge in [0.15, 0.2) is 23.1 Å². The molecule has 0 spiro atoms. The maximum atomic E-state index is 15.0. The van der Waals surface area contributed by atoms with Crippen molar-refractivity contribution in [2.24, 2.45) is 5.92 Å². The summed E-state index contributed by atoms with van der Waals surface area (Å²) in [5.41, 5.74) is 12.5. The van der Waals surface area contributed by atoms with Crippen LogP contribution in [-0.2, 0) is 19.3 Å². The molecule has 0 bridgehead atoms. The second-order valence-corrected chi connectivity index (χ2v) is 10.8. The summed E-state index contributed by atoms with van der Waals surface area (Å²) in [5.74, 6) is 1.56. The molecule has 1 aliphatic rings. The summed E-state index contributed by atoms with van der Waals surface area (Å²) in [4.78, 5) is 2.17. The fourth-order valence-electron chi connectivity index (χ4n) is 5.58. The monoisotopic (exact) mass is 536 g/mol. The van der Waals surface area contributed by atoms with Crippen LogP contribution in [0.25, 0.3) is 11.1 Å². The van der Waals surface area contributed by atoms with Crippen molar-refractivity contribution in [3.8, 4) is 34.1 Å². The van der Waals surface area contributed by atoms with E-state index in [-0.39, 0.29) is 11.5 Å². The van der Waals surface area contributed by atoms with Gasteiger partial charge in [-0.15, -0.1) is 0 Å². The number of benzene rings is 3. The van der Waals surface area contributed by atoms with E-state index in [0.29, 0.717) is 47.3 Å². The lowest BCUT2D eigenvalue weighted by Crippen LogP contribution is -2.28. The third-order valence-electron chi connectivity index (χ3n) is 7.38. The number of phenolic OH excluding ortho intramolecular Hbond substituents is 1. The number of rotatable bonds is 11. The maximum absolute atomic E-state index is 15.0. The van der Waals surface area contributed by atoms with E-state index < -0.39 is 5.82 Å². The number of methoxy groups -OCH3 is 2. The van der Waals surface area contributed by atoms with Crippen molar-refractivity contribution in [2.75, 3.05) is 46.7 Å². The Kier molecular flexibility index (Phi) is 9.23. The number of likely N-dealkylation sites (N-methyl/N-ethyl adjacent to an activating group) is 1. The van der Waals surface area contributed by atoms with E-state index in [1.165, 1.54) is 11.6 Å². The summed E-state index contributed by atoms with van der Waals surface area (Å²) in [6.07, 6.45) is 4.37. The van der Waals surface area contributed by atoms with Gasteiger partial charge in [-0.3, -0.25) is 0 Å². The molecule has 1 aliphatic carbocycles. The number of nitrogens with zero attached hydrogens (tertiary/aromatic N) is 1. The fraction of sp³-hybridized carbons (Fsp3) is 0.438. The number of hydrogen-bond donors (Lipinski definition) is 2. The third kappa shape index (κ3) is 6.41. The van der Waals surface area contributed by atoms with Crippen LogP contribution >= 0.6 is 0 Å². The molecule has 210 valence electrons. The highest BCUT2D eigenvalue weighted by molar-refractivity contribution is 5.88. The van der Waals surface area contributed by atoms with Gasteiger partial charge in [0.05, 0.1) is 14.2 Å². The smallest absolute Gasteiger partial charge is 0.166 e. The minimum absolute atomic E-state index is 0.187. The van der Waals surface area contributed by atoms with Crippen molar-refractivity contribution in [3.63, 3.8) is 0 Å². The molecule has 0 amide bonds. The summed E-state index contributed by atoms with van der Waals surface area (Å²) in [6, 6.07) is 10.6. The van der Waals surface area contributed by atoms with Crippen molar-refractivity contribution in [1.82, 2.24) is 4.90 Å². The van der Waals surface area contributed by atoms with Crippen molar-refractivity contribution in [3.05, 3.63) is 64.5 Å². The highest BCUT2D eigenvalue weighted by Gasteiger charge is 2.25. The molecule has 3 aromatic carbocycles. The van der Waals surface area contributed by atoms with Crippen LogP contribution in [0.4, 0.5) is 10.1 Å². The number of nitrogen functional groups attached to an aromatic ring is 1. The third-order valence-corrected chi connectivity index (χ3v) is 7.38. The second kappa shape index (κ2) is 12.6. The van der Waals surface area contributed by atoms with Gasteiger partial charge in [-0.25, -0.2) is 4.39 Å². The molecule has 3 N–H and O–H groups in total. The molecule has 0 heterocycles. The van der Waals surface area contributed by atoms with Crippen molar-refractivity contribution in [1.29, 1.82) is 0 Å². The Morgan fingerprint density at radius 1 is 1.03 bits per heavy atom. The molecular formula is C32H41FN2O4. The minimum atomic E-state index is -0.422. The highest BCUT2D eigenvalue weighted by Crippen LogP contribution is 2.47. The van der Waals surface area contributed by atoms with Gasteiger partial charge in [0.2, 0.25) is 0 Å². The summed E-state index contributed by atoms with van der Waals surface area (Å²) in [7, 11) is 5.18. The number of halogens is 1. The van der Waals surface area contributed by atoms with E-state index in [2.05, 4.69) is 18.7 Å². The first-order valence-corrected chi connectivity index (χ1v) is 13.7. The lowest BCUT2D eigenvalue weighted by Gasteiger charge is -2.24. The first kappa shape index (κ1) is 28.6. The topological polar surface area (TPSA) is 77.2 Å². The van der Waals surface area contributed by atoms with Crippen LogP contribution in [0.15, 0.2) is 36.4 Å². The predicted octanol–water partition coefficient (Wildman–Crippen LogP) is 6.23. The van der Waals surface area contributed by atoms with Crippen molar-refractivity contribution in [2.45, 2.75) is 46.0 Å². The Labute approximate surface area is 231 Å². The molecule has 0 aliphatic heterocycles. The minimum Gasteiger partial charge on any atom is -0.507 e. The van der Waals surface area contributed by atoms with Crippen molar-refractivity contribution < 1.29 is 23.7 Å². The Morgan fingerprint density at radius 3 is 2.49 bits per heavy atom. The van der Waals surface area contributed by atoms with Crippen LogP contribution in [0.3, 0.4) is 0 Å². The van der Waals surface area contributed by atoms with Crippen molar-refractivity contribution >= 4 is 5.69 Å². The summed E-state index contributed by atoms with van der Waals surface area (Å²) >= 11 is 0. The predicted molar refractivity (Wildman–Crippen MR) is 155 cm³/mol. The zero-order chi connectivity index (χ0) is 28.1. The van der Waals surface area contributed by atoms with Crippen LogP contribution in [0, 0.1) is 11.7 Å². The zero-order valence-corrected chi connectivity index (χ0v) is 23.8. The number of aromatic hydroxyl groups is 1. The number of hydrogen-bond acceptors (Lipinski definition) is 6. The highest BCUT2D eigenvalue weighted by atomic mass is 19.1. The number of nitrogens with two attached hydrogens (primary N) is 1. The molecule has 0 radical (unpaired) electrons. The molecule has 6 nitrogen and oxygen atoms in total. The van der Waals surface area contributed by atoms with Gasteiger partial charge in [-0.1, -0.05) is 26.0 Å². The molecule has 7 heteroatoms. The second-order valence-electron chi connectivity index (χ2n) is 10.8. The normalized spacial score (nSPS) is 13.0. The van der Waals surface area contributed by atoms with Gasteiger partial charge in [0.25, 0.3) is 0 Å². The maximum Gasteiger partial charge on any atom is 0.166 e. The molecule has 39 heavy (non-hydrogen) atoms. The van der Waals surface area contributed by atoms with Crippen LogP contribution in [0.2, 0.25) is 0 Å². The quantitative estimate of drug-likeness (QED) is 0.283. The van der Waals surface area contributed by atoms with Gasteiger partial charge >= 0.3 is 0 Å². The number of aryl methyl sites for hydroxylation is 1. The average molecular weight is 537 g/mol. The van der Waals surface area contributed by atoms with E-state index in [0.717, 1.165) is 55.5 Å². The molecule has 0 unspecified atom stereocenters. The lowest BCUT2D eigenvalue weighted by molar-refractivity contribution is 0.217. The zero-order valence-electron chi connectivity index (χ0n) is 23.8. The van der Waals surface area contributed by atoms with Crippen LogP contribution < -0.4 is 19.9 Å². The van der Waals surface area contributed by atoms with E-state index >= 15 is 4.39 Å². The van der Waals surface area contributed by atoms with Crippen LogP contribution in [0.1, 0.15) is 48.9 Å². The first-order valence-electron chi connectivity index (χ1n) is 13.7. The van der Waals surface area contributed by atoms with E-state index in [1.54, 1.807) is 26.4 Å². The van der Waals surface area contributed by atoms with Gasteiger partial charge in [-0.05, 0) is 79.6 Å². The first-order chi connectivity index (χ1) is 18.7. The standard InChI is InChI=1S/C32H41FN2O4/c1-20(2)19-35(3)14-15-39-28-13-10-21(17-26(28)33)16-25-31(34)24(18-29(37-4)32(25)38-5)30-23-9-7-6-8-22(23)11-12-27(30)36/h10-13,17-18,20,36H,6-9,14-16,19,34H2,1-5H3. The van der Waals surface area contributed by atoms with Crippen LogP contribution in [0.5, 0.6) is 23.0 Å². The van der Waals surface area contributed by atoms with E-state index in [4.69, 9.17) is 19.9 Å². The molecule has 0 fully saturated rings. The van der Waals surface area contributed by atoms with Crippen LogP contribution in [-0.4, -0.2) is 51.0 Å². The van der Waals surface area contributed by atoms with E-state index in [9.17, 15) is 5.11 Å². The number of anilines is 1. The fourth-order valence-corrected chi connectivity index (χ4v) is 5.58. The Balaban J connectivity index is 1.65. The SMILES string of the molecule is COc1cc(-c2c(O)ccc3c2CCCC3)c(N)c(Cc2ccc(OCCN(C)CC(C)C)c(F)c2)c1OC. The molecular weight excluding hydrogens is 495 g/mol. The molecule has 3 aromatic rings. The summed E-state index contributed by atoms with van der Waals surface area (Å²) in [6.45, 7) is 6.42. The largest absolute Gasteiger partial charge is 0.507 e.